The Morgan fingerprint density at radius 3 is 1.39 bits per heavy atom. The molecule has 2 aromatic carbocycles. The number of hydrogen-bond donors (Lipinski definition) is 0. The summed E-state index contributed by atoms with van der Waals surface area (Å²) in [6, 6.07) is 6.70. The Bertz CT molecular complexity index is 821. The van der Waals surface area contributed by atoms with Crippen LogP contribution in [-0.4, -0.2) is 48.4 Å². The van der Waals surface area contributed by atoms with E-state index in [1.807, 2.05) is 0 Å². The van der Waals surface area contributed by atoms with Crippen LogP contribution in [0.1, 0.15) is 15.9 Å². The molecule has 0 amide bonds. The van der Waals surface area contributed by atoms with Crippen LogP contribution in [-0.2, 0) is 0 Å². The largest absolute Gasteiger partial charge is 0.493 e. The molecule has 0 bridgehead atoms. The van der Waals surface area contributed by atoms with Crippen molar-refractivity contribution in [3.05, 3.63) is 41.5 Å². The highest BCUT2D eigenvalue weighted by molar-refractivity contribution is 6.07. The fraction of sp³-hybridized carbons (Fsp3) is 0.286. The van der Waals surface area contributed by atoms with Crippen LogP contribution in [0.3, 0.4) is 0 Å². The quantitative estimate of drug-likeness (QED) is 0.480. The van der Waals surface area contributed by atoms with Gasteiger partial charge in [-0.15, -0.1) is 0 Å². The molecule has 0 spiro atoms. The first-order valence-corrected chi connectivity index (χ1v) is 8.35. The molecule has 0 aliphatic rings. The predicted octanol–water partition coefficient (Wildman–Crippen LogP) is 3.63. The average molecular weight is 388 g/mol. The van der Waals surface area contributed by atoms with Crippen molar-refractivity contribution in [1.29, 1.82) is 0 Å². The van der Waals surface area contributed by atoms with Crippen molar-refractivity contribution in [2.24, 2.45) is 0 Å². The van der Waals surface area contributed by atoms with Gasteiger partial charge in [-0.2, -0.15) is 0 Å². The normalized spacial score (nSPS) is 10.5. The first-order chi connectivity index (χ1) is 13.5. The van der Waals surface area contributed by atoms with Gasteiger partial charge in [0.15, 0.2) is 28.8 Å². The Morgan fingerprint density at radius 1 is 0.643 bits per heavy atom. The van der Waals surface area contributed by atoms with Crippen molar-refractivity contribution < 1.29 is 33.2 Å². The van der Waals surface area contributed by atoms with Gasteiger partial charge in [0, 0.05) is 5.56 Å². The molecule has 0 aromatic heterocycles. The molecule has 0 atom stereocenters. The Morgan fingerprint density at radius 2 is 1.04 bits per heavy atom. The lowest BCUT2D eigenvalue weighted by atomic mass is 10.1. The summed E-state index contributed by atoms with van der Waals surface area (Å²) in [7, 11) is 9.10. The summed E-state index contributed by atoms with van der Waals surface area (Å²) >= 11 is 0. The molecule has 0 aliphatic carbocycles. The molecule has 28 heavy (non-hydrogen) atoms. The van der Waals surface area contributed by atoms with Gasteiger partial charge >= 0.3 is 0 Å². The van der Waals surface area contributed by atoms with Crippen molar-refractivity contribution >= 4 is 11.9 Å². The summed E-state index contributed by atoms with van der Waals surface area (Å²) in [6.07, 6.45) is 3.11. The third kappa shape index (κ3) is 4.31. The number of carbonyl (C=O) groups excluding carboxylic acids is 1. The lowest BCUT2D eigenvalue weighted by Gasteiger charge is -2.13. The lowest BCUT2D eigenvalue weighted by molar-refractivity contribution is 0.104. The van der Waals surface area contributed by atoms with E-state index >= 15 is 0 Å². The number of allylic oxidation sites excluding steroid dienone is 1. The number of rotatable bonds is 9. The molecule has 0 unspecified atom stereocenters. The van der Waals surface area contributed by atoms with Gasteiger partial charge in [-0.3, -0.25) is 4.79 Å². The van der Waals surface area contributed by atoms with E-state index in [1.165, 1.54) is 48.7 Å². The van der Waals surface area contributed by atoms with Crippen molar-refractivity contribution in [2.45, 2.75) is 0 Å². The summed E-state index contributed by atoms with van der Waals surface area (Å²) in [5.74, 6) is 2.50. The van der Waals surface area contributed by atoms with Gasteiger partial charge in [0.25, 0.3) is 0 Å². The Balaban J connectivity index is 2.38. The molecular formula is C21H24O7. The van der Waals surface area contributed by atoms with Crippen LogP contribution in [0.4, 0.5) is 0 Å². The van der Waals surface area contributed by atoms with Gasteiger partial charge in [-0.05, 0) is 35.9 Å². The standard InChI is InChI=1S/C21H24O7/c1-23-16-9-13(10-17(24-2)20(16)27-5)7-8-15(22)14-11-18(25-3)21(28-6)19(12-14)26-4/h7-12H,1-6H3/b8-7-. The van der Waals surface area contributed by atoms with E-state index in [1.54, 1.807) is 30.3 Å². The van der Waals surface area contributed by atoms with Gasteiger partial charge < -0.3 is 28.4 Å². The predicted molar refractivity (Wildman–Crippen MR) is 106 cm³/mol. The third-order valence-electron chi connectivity index (χ3n) is 4.06. The Labute approximate surface area is 164 Å². The minimum absolute atomic E-state index is 0.229. The average Bonchev–Trinajstić information content (AvgIpc) is 2.75. The van der Waals surface area contributed by atoms with E-state index in [9.17, 15) is 4.79 Å². The van der Waals surface area contributed by atoms with Gasteiger partial charge in [-0.1, -0.05) is 6.08 Å². The summed E-state index contributed by atoms with van der Waals surface area (Å²) < 4.78 is 31.8. The molecule has 0 radical (unpaired) electrons. The molecule has 7 heteroatoms. The van der Waals surface area contributed by atoms with E-state index in [0.29, 0.717) is 40.1 Å². The maximum absolute atomic E-state index is 12.7. The Kier molecular flexibility index (Phi) is 7.14. The first-order valence-electron chi connectivity index (χ1n) is 8.35. The second kappa shape index (κ2) is 9.55. The van der Waals surface area contributed by atoms with Crippen LogP contribution in [0.15, 0.2) is 30.3 Å². The van der Waals surface area contributed by atoms with Crippen molar-refractivity contribution in [3.63, 3.8) is 0 Å². The molecule has 2 aromatic rings. The molecule has 0 N–H and O–H groups in total. The fourth-order valence-corrected chi connectivity index (χ4v) is 2.69. The Hall–Kier alpha value is -3.35. The number of ether oxygens (including phenoxy) is 6. The minimum atomic E-state index is -0.229. The lowest BCUT2D eigenvalue weighted by Crippen LogP contribution is -2.00. The van der Waals surface area contributed by atoms with Gasteiger partial charge in [0.1, 0.15) is 0 Å². The van der Waals surface area contributed by atoms with E-state index in [-0.39, 0.29) is 5.78 Å². The first kappa shape index (κ1) is 21.0. The number of carbonyl (C=O) groups is 1. The van der Waals surface area contributed by atoms with Crippen molar-refractivity contribution in [2.75, 3.05) is 42.7 Å². The minimum Gasteiger partial charge on any atom is -0.493 e. The summed E-state index contributed by atoms with van der Waals surface area (Å²) in [4.78, 5) is 12.7. The maximum Gasteiger partial charge on any atom is 0.203 e. The molecule has 0 fully saturated rings. The highest BCUT2D eigenvalue weighted by Crippen LogP contribution is 2.39. The fourth-order valence-electron chi connectivity index (χ4n) is 2.69. The van der Waals surface area contributed by atoms with Crippen molar-refractivity contribution in [3.8, 4) is 34.5 Å². The molecule has 2 rings (SSSR count). The van der Waals surface area contributed by atoms with Gasteiger partial charge in [0.2, 0.25) is 11.5 Å². The molecule has 150 valence electrons. The number of ketones is 1. The van der Waals surface area contributed by atoms with Crippen LogP contribution in [0.25, 0.3) is 6.08 Å². The third-order valence-corrected chi connectivity index (χ3v) is 4.06. The molecule has 7 nitrogen and oxygen atoms in total. The van der Waals surface area contributed by atoms with Crippen LogP contribution < -0.4 is 28.4 Å². The van der Waals surface area contributed by atoms with Gasteiger partial charge in [-0.25, -0.2) is 0 Å². The summed E-state index contributed by atoms with van der Waals surface area (Å²) in [5.41, 5.74) is 1.12. The van der Waals surface area contributed by atoms with Crippen LogP contribution in [0, 0.1) is 0 Å². The zero-order valence-corrected chi connectivity index (χ0v) is 16.8. The van der Waals surface area contributed by atoms with Crippen LogP contribution >= 0.6 is 0 Å². The summed E-state index contributed by atoms with van der Waals surface area (Å²) in [6.45, 7) is 0. The maximum atomic E-state index is 12.7. The molecule has 0 saturated carbocycles. The topological polar surface area (TPSA) is 72.5 Å². The smallest absolute Gasteiger partial charge is 0.203 e. The zero-order valence-electron chi connectivity index (χ0n) is 16.8. The molecule has 0 heterocycles. The van der Waals surface area contributed by atoms with Gasteiger partial charge in [0.05, 0.1) is 42.7 Å². The second-order valence-electron chi connectivity index (χ2n) is 5.57. The van der Waals surface area contributed by atoms with Crippen LogP contribution in [0.2, 0.25) is 0 Å². The van der Waals surface area contributed by atoms with Crippen molar-refractivity contribution in [1.82, 2.24) is 0 Å². The molecule has 0 saturated heterocycles. The monoisotopic (exact) mass is 388 g/mol. The summed E-state index contributed by atoms with van der Waals surface area (Å²) in [5, 5.41) is 0. The van der Waals surface area contributed by atoms with E-state index in [4.69, 9.17) is 28.4 Å². The van der Waals surface area contributed by atoms with E-state index in [0.717, 1.165) is 5.56 Å². The van der Waals surface area contributed by atoms with E-state index in [2.05, 4.69) is 0 Å². The SMILES string of the molecule is COc1cc(/C=C\C(=O)c2cc(OC)c(OC)c(OC)c2)cc(OC)c1OC. The zero-order chi connectivity index (χ0) is 20.7. The number of methoxy groups -OCH3 is 6. The van der Waals surface area contributed by atoms with E-state index < -0.39 is 0 Å². The molecular weight excluding hydrogens is 364 g/mol. The highest BCUT2D eigenvalue weighted by atomic mass is 16.5. The highest BCUT2D eigenvalue weighted by Gasteiger charge is 2.16. The second-order valence-corrected chi connectivity index (χ2v) is 5.57. The number of benzene rings is 2. The van der Waals surface area contributed by atoms with Crippen LogP contribution in [0.5, 0.6) is 34.5 Å². The molecule has 0 aliphatic heterocycles. The number of hydrogen-bond acceptors (Lipinski definition) is 7.